The lowest BCUT2D eigenvalue weighted by Crippen LogP contribution is -2.32. The Morgan fingerprint density at radius 2 is 2.09 bits per heavy atom. The van der Waals surface area contributed by atoms with Crippen LogP contribution in [0.1, 0.15) is 30.4 Å². The van der Waals surface area contributed by atoms with Crippen molar-refractivity contribution in [2.24, 2.45) is 5.92 Å². The molecular weight excluding hydrogens is 433 g/mol. The zero-order valence-electron chi connectivity index (χ0n) is 18.0. The van der Waals surface area contributed by atoms with Crippen LogP contribution in [0.15, 0.2) is 30.5 Å². The van der Waals surface area contributed by atoms with Crippen molar-refractivity contribution >= 4 is 22.8 Å². The summed E-state index contributed by atoms with van der Waals surface area (Å²) >= 11 is -0.981. The number of halogens is 1. The number of anilines is 1. The van der Waals surface area contributed by atoms with E-state index in [1.807, 2.05) is 11.0 Å². The summed E-state index contributed by atoms with van der Waals surface area (Å²) in [6.07, 6.45) is 5.52. The minimum atomic E-state index is -0.981. The Kier molecular flexibility index (Phi) is 5.96. The fourth-order valence-corrected chi connectivity index (χ4v) is 4.91. The predicted octanol–water partition coefficient (Wildman–Crippen LogP) is 2.85. The monoisotopic (exact) mass is 459 g/mol. The van der Waals surface area contributed by atoms with Gasteiger partial charge in [-0.25, -0.2) is 9.37 Å². The summed E-state index contributed by atoms with van der Waals surface area (Å²) in [6, 6.07) is 6.79. The van der Waals surface area contributed by atoms with E-state index >= 15 is 0 Å². The van der Waals surface area contributed by atoms with Crippen LogP contribution < -0.4 is 14.4 Å². The average Bonchev–Trinajstić information content (AvgIpc) is 3.40. The quantitative estimate of drug-likeness (QED) is 0.565. The van der Waals surface area contributed by atoms with Gasteiger partial charge >= 0.3 is 0 Å². The number of hydrogen-bond donors (Lipinski definition) is 0. The molecule has 2 aromatic rings. The van der Waals surface area contributed by atoms with Gasteiger partial charge in [-0.15, -0.1) is 0 Å². The molecule has 170 valence electrons. The molecule has 3 aliphatic rings. The maximum atomic E-state index is 14.7. The van der Waals surface area contributed by atoms with Gasteiger partial charge in [0, 0.05) is 43.4 Å². The maximum absolute atomic E-state index is 14.7. The number of ether oxygens (including phenoxy) is 2. The minimum Gasteiger partial charge on any atom is -0.616 e. The number of aromatic nitrogens is 1. The van der Waals surface area contributed by atoms with Crippen LogP contribution in [0.4, 0.5) is 10.1 Å². The van der Waals surface area contributed by atoms with Gasteiger partial charge in [0.05, 0.1) is 19.1 Å². The standard InChI is InChI=1S/C23H26FN3O4S/c1-32(29)14-26-11-16-8-17(9-20(24)19(16)12-26)27-7-6-21(23(27)28)31-18-4-5-22(25-10-18)30-13-15-2-3-15/h4-5,8-10,15,21H,2-3,6-7,11-14H2,1H3/t21-,32?/m1/s1. The van der Waals surface area contributed by atoms with Gasteiger partial charge in [-0.05, 0) is 53.7 Å². The van der Waals surface area contributed by atoms with E-state index in [1.54, 1.807) is 29.5 Å². The van der Waals surface area contributed by atoms with Gasteiger partial charge in [-0.3, -0.25) is 9.69 Å². The number of hydrogen-bond acceptors (Lipinski definition) is 6. The maximum Gasteiger partial charge on any atom is 0.268 e. The first-order valence-corrected chi connectivity index (χ1v) is 12.6. The topological polar surface area (TPSA) is 78.0 Å². The third kappa shape index (κ3) is 4.69. The highest BCUT2D eigenvalue weighted by molar-refractivity contribution is 7.90. The van der Waals surface area contributed by atoms with Crippen molar-refractivity contribution in [1.29, 1.82) is 0 Å². The molecule has 2 aliphatic heterocycles. The van der Waals surface area contributed by atoms with Gasteiger partial charge in [0.15, 0.2) is 12.0 Å². The Labute approximate surface area is 189 Å². The molecule has 0 radical (unpaired) electrons. The molecule has 9 heteroatoms. The molecule has 1 amide bonds. The zero-order chi connectivity index (χ0) is 22.2. The SMILES string of the molecule is C[S+]([O-])CN1Cc2cc(N3CC[C@@H](Oc4ccc(OCC5CC5)nc4)C3=O)cc(F)c2C1. The first-order valence-electron chi connectivity index (χ1n) is 10.9. The smallest absolute Gasteiger partial charge is 0.268 e. The molecule has 1 saturated heterocycles. The van der Waals surface area contributed by atoms with Gasteiger partial charge in [0.2, 0.25) is 5.88 Å². The zero-order valence-corrected chi connectivity index (χ0v) is 18.8. The molecule has 5 rings (SSSR count). The molecule has 0 N–H and O–H groups in total. The van der Waals surface area contributed by atoms with E-state index in [4.69, 9.17) is 9.47 Å². The molecule has 0 spiro atoms. The number of fused-ring (bicyclic) bond motifs is 1. The van der Waals surface area contributed by atoms with Crippen LogP contribution >= 0.6 is 0 Å². The van der Waals surface area contributed by atoms with Gasteiger partial charge in [-0.1, -0.05) is 0 Å². The lowest BCUT2D eigenvalue weighted by Gasteiger charge is -2.18. The number of carbonyl (C=O) groups excluding carboxylic acids is 1. The van der Waals surface area contributed by atoms with Crippen molar-refractivity contribution < 1.29 is 23.2 Å². The van der Waals surface area contributed by atoms with E-state index in [0.717, 1.165) is 5.56 Å². The lowest BCUT2D eigenvalue weighted by molar-refractivity contribution is -0.122. The summed E-state index contributed by atoms with van der Waals surface area (Å²) in [5, 5.41) is 0. The summed E-state index contributed by atoms with van der Waals surface area (Å²) in [6.45, 7) is 2.12. The van der Waals surface area contributed by atoms with Crippen molar-refractivity contribution in [2.75, 3.05) is 30.2 Å². The molecule has 32 heavy (non-hydrogen) atoms. The van der Waals surface area contributed by atoms with E-state index < -0.39 is 17.3 Å². The third-order valence-electron chi connectivity index (χ3n) is 6.03. The molecule has 7 nitrogen and oxygen atoms in total. The van der Waals surface area contributed by atoms with Crippen molar-refractivity contribution in [3.05, 3.63) is 47.4 Å². The average molecular weight is 460 g/mol. The molecule has 1 saturated carbocycles. The van der Waals surface area contributed by atoms with Gasteiger partial charge < -0.3 is 18.9 Å². The molecule has 1 aromatic heterocycles. The largest absolute Gasteiger partial charge is 0.616 e. The minimum absolute atomic E-state index is 0.192. The van der Waals surface area contributed by atoms with E-state index in [9.17, 15) is 13.7 Å². The van der Waals surface area contributed by atoms with Crippen molar-refractivity contribution in [3.63, 3.8) is 0 Å². The Morgan fingerprint density at radius 3 is 2.81 bits per heavy atom. The predicted molar refractivity (Wildman–Crippen MR) is 118 cm³/mol. The summed E-state index contributed by atoms with van der Waals surface area (Å²) < 4.78 is 37.8. The number of amides is 1. The second kappa shape index (κ2) is 8.88. The second-order valence-electron chi connectivity index (χ2n) is 8.73. The first-order chi connectivity index (χ1) is 15.5. The Morgan fingerprint density at radius 1 is 1.25 bits per heavy atom. The Hall–Kier alpha value is -2.36. The highest BCUT2D eigenvalue weighted by Crippen LogP contribution is 2.33. The van der Waals surface area contributed by atoms with E-state index in [0.29, 0.717) is 67.3 Å². The van der Waals surface area contributed by atoms with Crippen LogP contribution in [0.2, 0.25) is 0 Å². The second-order valence-corrected chi connectivity index (χ2v) is 10.1. The Balaban J connectivity index is 1.22. The van der Waals surface area contributed by atoms with Crippen LogP contribution in [-0.2, 0) is 29.1 Å². The third-order valence-corrected chi connectivity index (χ3v) is 6.76. The van der Waals surface area contributed by atoms with Crippen LogP contribution in [0.25, 0.3) is 0 Å². The summed E-state index contributed by atoms with van der Waals surface area (Å²) in [4.78, 5) is 20.8. The van der Waals surface area contributed by atoms with Crippen LogP contribution in [-0.4, -0.2) is 51.7 Å². The van der Waals surface area contributed by atoms with Crippen LogP contribution in [0, 0.1) is 11.7 Å². The molecule has 0 bridgehead atoms. The molecule has 2 atom stereocenters. The van der Waals surface area contributed by atoms with Crippen molar-refractivity contribution in [3.8, 4) is 11.6 Å². The van der Waals surface area contributed by atoms with Crippen molar-refractivity contribution in [1.82, 2.24) is 9.88 Å². The number of carbonyl (C=O) groups is 1. The highest BCUT2D eigenvalue weighted by atomic mass is 32.2. The fraction of sp³-hybridized carbons (Fsp3) is 0.478. The highest BCUT2D eigenvalue weighted by Gasteiger charge is 2.36. The summed E-state index contributed by atoms with van der Waals surface area (Å²) in [7, 11) is 0. The number of pyridine rings is 1. The van der Waals surface area contributed by atoms with E-state index in [-0.39, 0.29) is 11.7 Å². The van der Waals surface area contributed by atoms with Gasteiger partial charge in [0.1, 0.15) is 11.6 Å². The van der Waals surface area contributed by atoms with Crippen LogP contribution in [0.5, 0.6) is 11.6 Å². The Bertz CT molecular complexity index is 999. The van der Waals surface area contributed by atoms with E-state index in [2.05, 4.69) is 4.98 Å². The molecule has 1 unspecified atom stereocenters. The van der Waals surface area contributed by atoms with Crippen LogP contribution in [0.3, 0.4) is 0 Å². The van der Waals surface area contributed by atoms with E-state index in [1.165, 1.54) is 18.9 Å². The number of rotatable bonds is 8. The first kappa shape index (κ1) is 21.5. The summed E-state index contributed by atoms with van der Waals surface area (Å²) in [5.41, 5.74) is 2.00. The normalized spacial score (nSPS) is 21.7. The lowest BCUT2D eigenvalue weighted by atomic mass is 10.1. The summed E-state index contributed by atoms with van der Waals surface area (Å²) in [5.74, 6) is 1.59. The molecular formula is C23H26FN3O4S. The number of nitrogens with zero attached hydrogens (tertiary/aromatic N) is 3. The van der Waals surface area contributed by atoms with Gasteiger partial charge in [-0.2, -0.15) is 0 Å². The molecule has 1 aliphatic carbocycles. The molecule has 1 aromatic carbocycles. The molecule has 2 fully saturated rings. The fourth-order valence-electron chi connectivity index (χ4n) is 4.21. The number of benzene rings is 1. The molecule has 3 heterocycles. The van der Waals surface area contributed by atoms with Crippen molar-refractivity contribution in [2.45, 2.75) is 38.5 Å². The van der Waals surface area contributed by atoms with Gasteiger partial charge in [0.25, 0.3) is 5.91 Å².